The van der Waals surface area contributed by atoms with Crippen LogP contribution in [-0.2, 0) is 6.54 Å². The fraction of sp³-hybridized carbons (Fsp3) is 0.261. The Labute approximate surface area is 190 Å². The van der Waals surface area contributed by atoms with E-state index in [0.29, 0.717) is 12.1 Å². The van der Waals surface area contributed by atoms with Crippen molar-refractivity contribution in [2.45, 2.75) is 6.54 Å². The van der Waals surface area contributed by atoms with Gasteiger partial charge >= 0.3 is 0 Å². The summed E-state index contributed by atoms with van der Waals surface area (Å²) in [6.45, 7) is 4.58. The first-order valence-corrected chi connectivity index (χ1v) is 11.2. The SMILES string of the molecule is CN1CCN(c2cccc3ccc(C(=O)NCc4ccc(Cl)c(I)c4)cc23)CC1. The van der Waals surface area contributed by atoms with Gasteiger partial charge in [0.2, 0.25) is 0 Å². The number of carbonyl (C=O) groups excluding carboxylic acids is 1. The van der Waals surface area contributed by atoms with Gasteiger partial charge in [-0.3, -0.25) is 4.79 Å². The third-order valence-corrected chi connectivity index (χ3v) is 6.94. The lowest BCUT2D eigenvalue weighted by molar-refractivity contribution is 0.0951. The monoisotopic (exact) mass is 519 g/mol. The quantitative estimate of drug-likeness (QED) is 0.504. The molecule has 0 bridgehead atoms. The van der Waals surface area contributed by atoms with Crippen LogP contribution in [0, 0.1) is 3.57 Å². The van der Waals surface area contributed by atoms with Crippen molar-refractivity contribution < 1.29 is 4.79 Å². The lowest BCUT2D eigenvalue weighted by Crippen LogP contribution is -2.44. The summed E-state index contributed by atoms with van der Waals surface area (Å²) in [5.74, 6) is -0.0648. The van der Waals surface area contributed by atoms with Gasteiger partial charge in [0.25, 0.3) is 5.91 Å². The van der Waals surface area contributed by atoms with E-state index in [4.69, 9.17) is 11.6 Å². The molecule has 4 rings (SSSR count). The highest BCUT2D eigenvalue weighted by Gasteiger charge is 2.17. The zero-order valence-corrected chi connectivity index (χ0v) is 19.2. The number of amides is 1. The largest absolute Gasteiger partial charge is 0.368 e. The van der Waals surface area contributed by atoms with Gasteiger partial charge in [0.15, 0.2) is 0 Å². The Bertz CT molecular complexity index is 1050. The minimum atomic E-state index is -0.0648. The number of hydrogen-bond donors (Lipinski definition) is 1. The Morgan fingerprint density at radius 2 is 1.86 bits per heavy atom. The summed E-state index contributed by atoms with van der Waals surface area (Å²) >= 11 is 8.28. The van der Waals surface area contributed by atoms with E-state index in [1.165, 1.54) is 5.69 Å². The molecule has 1 aliphatic rings. The lowest BCUT2D eigenvalue weighted by Gasteiger charge is -2.34. The average Bonchev–Trinajstić information content (AvgIpc) is 2.74. The smallest absolute Gasteiger partial charge is 0.251 e. The molecule has 0 unspecified atom stereocenters. The Hall–Kier alpha value is -1.83. The first kappa shape index (κ1) is 20.4. The molecule has 1 heterocycles. The Kier molecular flexibility index (Phi) is 6.27. The van der Waals surface area contributed by atoms with Crippen LogP contribution in [0.1, 0.15) is 15.9 Å². The minimum Gasteiger partial charge on any atom is -0.368 e. The van der Waals surface area contributed by atoms with E-state index < -0.39 is 0 Å². The van der Waals surface area contributed by atoms with Crippen molar-refractivity contribution in [2.75, 3.05) is 38.1 Å². The minimum absolute atomic E-state index is 0.0648. The summed E-state index contributed by atoms with van der Waals surface area (Å²) in [5.41, 5.74) is 2.92. The highest BCUT2D eigenvalue weighted by atomic mass is 127. The molecule has 1 N–H and O–H groups in total. The van der Waals surface area contributed by atoms with Crippen LogP contribution >= 0.6 is 34.2 Å². The van der Waals surface area contributed by atoms with Crippen LogP contribution in [0.25, 0.3) is 10.8 Å². The molecule has 1 amide bonds. The number of fused-ring (bicyclic) bond motifs is 1. The highest BCUT2D eigenvalue weighted by Crippen LogP contribution is 2.28. The maximum absolute atomic E-state index is 12.8. The number of benzene rings is 3. The van der Waals surface area contributed by atoms with Crippen LogP contribution in [0.3, 0.4) is 0 Å². The van der Waals surface area contributed by atoms with Crippen LogP contribution < -0.4 is 10.2 Å². The van der Waals surface area contributed by atoms with Gasteiger partial charge in [-0.05, 0) is 70.9 Å². The molecule has 1 aliphatic heterocycles. The molecular weight excluding hydrogens is 497 g/mol. The number of anilines is 1. The van der Waals surface area contributed by atoms with Gasteiger partial charge in [-0.15, -0.1) is 0 Å². The summed E-state index contributed by atoms with van der Waals surface area (Å²) in [6.07, 6.45) is 0. The number of nitrogens with zero attached hydrogens (tertiary/aromatic N) is 2. The Balaban J connectivity index is 1.55. The van der Waals surface area contributed by atoms with Crippen molar-refractivity contribution in [3.05, 3.63) is 74.3 Å². The van der Waals surface area contributed by atoms with Crippen LogP contribution in [0.15, 0.2) is 54.6 Å². The summed E-state index contributed by atoms with van der Waals surface area (Å²) in [7, 11) is 2.16. The van der Waals surface area contributed by atoms with Crippen LogP contribution in [0.2, 0.25) is 5.02 Å². The fourth-order valence-electron chi connectivity index (χ4n) is 3.65. The third-order valence-electron chi connectivity index (χ3n) is 5.40. The average molecular weight is 520 g/mol. The topological polar surface area (TPSA) is 35.6 Å². The highest BCUT2D eigenvalue weighted by molar-refractivity contribution is 14.1. The molecule has 0 aromatic heterocycles. The molecule has 1 fully saturated rings. The predicted molar refractivity (Wildman–Crippen MR) is 129 cm³/mol. The van der Waals surface area contributed by atoms with E-state index in [-0.39, 0.29) is 5.91 Å². The first-order chi connectivity index (χ1) is 14.0. The third kappa shape index (κ3) is 4.68. The van der Waals surface area contributed by atoms with Gasteiger partial charge in [-0.25, -0.2) is 0 Å². The molecule has 0 saturated carbocycles. The maximum atomic E-state index is 12.8. The number of piperazine rings is 1. The standard InChI is InChI=1S/C23H23ClIN3O/c1-27-9-11-28(12-10-27)22-4-2-3-17-6-7-18(14-19(17)22)23(29)26-15-16-5-8-20(24)21(25)13-16/h2-8,13-14H,9-12,15H2,1H3,(H,26,29). The van der Waals surface area contributed by atoms with Crippen LogP contribution in [0.5, 0.6) is 0 Å². The van der Waals surface area contributed by atoms with E-state index in [1.54, 1.807) is 0 Å². The van der Waals surface area contributed by atoms with Gasteiger partial charge in [0, 0.05) is 52.9 Å². The summed E-state index contributed by atoms with van der Waals surface area (Å²) in [6, 6.07) is 18.1. The molecule has 0 spiro atoms. The maximum Gasteiger partial charge on any atom is 0.251 e. The number of likely N-dealkylation sites (N-methyl/N-ethyl adjacent to an activating group) is 1. The number of nitrogens with one attached hydrogen (secondary N) is 1. The second-order valence-corrected chi connectivity index (χ2v) is 9.00. The van der Waals surface area contributed by atoms with Crippen LogP contribution in [-0.4, -0.2) is 44.0 Å². The van der Waals surface area contributed by atoms with E-state index in [2.05, 4.69) is 63.0 Å². The van der Waals surface area contributed by atoms with E-state index in [1.807, 2.05) is 36.4 Å². The molecule has 0 aliphatic carbocycles. The molecule has 0 atom stereocenters. The number of hydrogen-bond acceptors (Lipinski definition) is 3. The lowest BCUT2D eigenvalue weighted by atomic mass is 10.0. The van der Waals surface area contributed by atoms with Gasteiger partial charge in [-0.1, -0.05) is 35.9 Å². The number of halogens is 2. The molecule has 0 radical (unpaired) electrons. The van der Waals surface area contributed by atoms with Crippen molar-refractivity contribution in [1.29, 1.82) is 0 Å². The van der Waals surface area contributed by atoms with Crippen molar-refractivity contribution in [3.8, 4) is 0 Å². The molecule has 6 heteroatoms. The van der Waals surface area contributed by atoms with Crippen LogP contribution in [0.4, 0.5) is 5.69 Å². The van der Waals surface area contributed by atoms with Crippen molar-refractivity contribution in [2.24, 2.45) is 0 Å². The van der Waals surface area contributed by atoms with Gasteiger partial charge in [0.05, 0.1) is 5.02 Å². The molecule has 3 aromatic carbocycles. The van der Waals surface area contributed by atoms with Crippen molar-refractivity contribution in [1.82, 2.24) is 10.2 Å². The normalized spacial score (nSPS) is 14.9. The molecule has 3 aromatic rings. The molecule has 150 valence electrons. The number of rotatable bonds is 4. The molecule has 29 heavy (non-hydrogen) atoms. The zero-order valence-electron chi connectivity index (χ0n) is 16.3. The van der Waals surface area contributed by atoms with Gasteiger partial charge in [0.1, 0.15) is 0 Å². The fourth-order valence-corrected chi connectivity index (χ4v) is 4.35. The van der Waals surface area contributed by atoms with Gasteiger partial charge in [-0.2, -0.15) is 0 Å². The second-order valence-electron chi connectivity index (χ2n) is 7.43. The second kappa shape index (κ2) is 8.90. The van der Waals surface area contributed by atoms with Crippen molar-refractivity contribution in [3.63, 3.8) is 0 Å². The van der Waals surface area contributed by atoms with Crippen molar-refractivity contribution >= 4 is 56.6 Å². The zero-order chi connectivity index (χ0) is 20.4. The number of carbonyl (C=O) groups is 1. The summed E-state index contributed by atoms with van der Waals surface area (Å²) in [5, 5.41) is 6.04. The molecular formula is C23H23ClIN3O. The van der Waals surface area contributed by atoms with E-state index in [9.17, 15) is 4.79 Å². The Morgan fingerprint density at radius 3 is 2.62 bits per heavy atom. The summed E-state index contributed by atoms with van der Waals surface area (Å²) < 4.78 is 0.985. The first-order valence-electron chi connectivity index (χ1n) is 9.70. The predicted octanol–water partition coefficient (Wildman–Crippen LogP) is 4.78. The summed E-state index contributed by atoms with van der Waals surface area (Å²) in [4.78, 5) is 17.5. The Morgan fingerprint density at radius 1 is 1.07 bits per heavy atom. The van der Waals surface area contributed by atoms with Gasteiger partial charge < -0.3 is 15.1 Å². The van der Waals surface area contributed by atoms with E-state index >= 15 is 0 Å². The molecule has 4 nitrogen and oxygen atoms in total. The molecule has 1 saturated heterocycles. The van der Waals surface area contributed by atoms with E-state index in [0.717, 1.165) is 51.1 Å².